The van der Waals surface area contributed by atoms with Crippen molar-refractivity contribution in [3.63, 3.8) is 0 Å². The minimum atomic E-state index is -0.0921. The van der Waals surface area contributed by atoms with Crippen molar-refractivity contribution in [2.24, 2.45) is 0 Å². The Labute approximate surface area is 104 Å². The van der Waals surface area contributed by atoms with Crippen molar-refractivity contribution in [3.8, 4) is 0 Å². The number of nitrogens with one attached hydrogen (secondary N) is 1. The first kappa shape index (κ1) is 13.7. The van der Waals surface area contributed by atoms with Crippen LogP contribution in [0.25, 0.3) is 0 Å². The number of hydrogen-bond donors (Lipinski definition) is 2. The molecule has 3 N–H and O–H groups in total. The Morgan fingerprint density at radius 1 is 1.59 bits per heavy atom. The number of anilines is 2. The molecule has 0 bridgehead atoms. The average molecular weight is 256 g/mol. The number of amides is 1. The molecule has 0 unspecified atom stereocenters. The molecule has 1 aromatic rings. The summed E-state index contributed by atoms with van der Waals surface area (Å²) in [7, 11) is 1.66. The number of nitrogens with zero attached hydrogens (tertiary/aromatic N) is 2. The van der Waals surface area contributed by atoms with E-state index in [0.717, 1.165) is 18.8 Å². The van der Waals surface area contributed by atoms with Crippen LogP contribution in [0.3, 0.4) is 0 Å². The number of ether oxygens (including phenoxy) is 1. The van der Waals surface area contributed by atoms with Crippen molar-refractivity contribution in [2.75, 3.05) is 36.3 Å². The smallest absolute Gasteiger partial charge is 0.235 e. The van der Waals surface area contributed by atoms with E-state index in [1.807, 2.05) is 0 Å². The van der Waals surface area contributed by atoms with Crippen LogP contribution in [0.4, 0.5) is 11.6 Å². The molecule has 0 aliphatic carbocycles. The first-order chi connectivity index (χ1) is 8.22. The fourth-order valence-corrected chi connectivity index (χ4v) is 1.81. The molecule has 7 heteroatoms. The van der Waals surface area contributed by atoms with E-state index in [1.165, 1.54) is 12.4 Å². The van der Waals surface area contributed by atoms with E-state index >= 15 is 0 Å². The van der Waals surface area contributed by atoms with Gasteiger partial charge in [0, 0.05) is 19.8 Å². The predicted octanol–water partition coefficient (Wildman–Crippen LogP) is 0.767. The second-order valence-corrected chi connectivity index (χ2v) is 4.38. The number of methoxy groups -OCH3 is 1. The van der Waals surface area contributed by atoms with E-state index in [9.17, 15) is 4.79 Å². The quantitative estimate of drug-likeness (QED) is 0.700. The van der Waals surface area contributed by atoms with E-state index in [4.69, 9.17) is 10.5 Å². The number of aromatic nitrogens is 2. The number of rotatable bonds is 7. The van der Waals surface area contributed by atoms with Gasteiger partial charge < -0.3 is 15.8 Å². The maximum absolute atomic E-state index is 11.5. The number of thioether (sulfide) groups is 1. The molecule has 0 aliphatic rings. The Bertz CT molecular complexity index is 362. The first-order valence-corrected chi connectivity index (χ1v) is 6.32. The van der Waals surface area contributed by atoms with E-state index in [2.05, 4.69) is 15.3 Å². The highest BCUT2D eigenvalue weighted by Crippen LogP contribution is 2.07. The topological polar surface area (TPSA) is 90.1 Å². The SMILES string of the molecule is COCCCSCC(=O)Nc1cc(N)ncn1. The highest BCUT2D eigenvalue weighted by molar-refractivity contribution is 7.99. The van der Waals surface area contributed by atoms with Crippen LogP contribution in [0, 0.1) is 0 Å². The maximum Gasteiger partial charge on any atom is 0.235 e. The molecule has 0 spiro atoms. The van der Waals surface area contributed by atoms with E-state index < -0.39 is 0 Å². The Hall–Kier alpha value is -1.34. The molecule has 94 valence electrons. The molecular weight excluding hydrogens is 240 g/mol. The highest BCUT2D eigenvalue weighted by Gasteiger charge is 2.03. The Morgan fingerprint density at radius 3 is 3.12 bits per heavy atom. The van der Waals surface area contributed by atoms with Crippen LogP contribution in [0.5, 0.6) is 0 Å². The molecule has 1 amide bonds. The molecule has 0 aromatic carbocycles. The molecule has 1 rings (SSSR count). The maximum atomic E-state index is 11.5. The number of nitrogen functional groups attached to an aromatic ring is 1. The molecule has 0 saturated heterocycles. The van der Waals surface area contributed by atoms with Crippen LogP contribution in [0.1, 0.15) is 6.42 Å². The van der Waals surface area contributed by atoms with Crippen LogP contribution in [0.2, 0.25) is 0 Å². The van der Waals surface area contributed by atoms with Crippen LogP contribution < -0.4 is 11.1 Å². The fourth-order valence-electron chi connectivity index (χ4n) is 1.09. The number of carbonyl (C=O) groups is 1. The lowest BCUT2D eigenvalue weighted by atomic mass is 10.5. The summed E-state index contributed by atoms with van der Waals surface area (Å²) < 4.78 is 4.91. The lowest BCUT2D eigenvalue weighted by molar-refractivity contribution is -0.113. The van der Waals surface area contributed by atoms with Crippen molar-refractivity contribution in [1.29, 1.82) is 0 Å². The number of hydrogen-bond acceptors (Lipinski definition) is 6. The number of nitrogens with two attached hydrogens (primary N) is 1. The second kappa shape index (κ2) is 7.86. The summed E-state index contributed by atoms with van der Waals surface area (Å²) in [5, 5.41) is 2.65. The Morgan fingerprint density at radius 2 is 2.41 bits per heavy atom. The van der Waals surface area contributed by atoms with E-state index in [0.29, 0.717) is 17.4 Å². The van der Waals surface area contributed by atoms with Gasteiger partial charge in [-0.25, -0.2) is 9.97 Å². The van der Waals surface area contributed by atoms with E-state index in [-0.39, 0.29) is 5.91 Å². The van der Waals surface area contributed by atoms with Gasteiger partial charge in [0.15, 0.2) is 0 Å². The first-order valence-electron chi connectivity index (χ1n) is 5.16. The molecule has 0 atom stereocenters. The fraction of sp³-hybridized carbons (Fsp3) is 0.500. The summed E-state index contributed by atoms with van der Waals surface area (Å²) in [4.78, 5) is 19.1. The molecule has 0 fully saturated rings. The zero-order chi connectivity index (χ0) is 12.5. The summed E-state index contributed by atoms with van der Waals surface area (Å²) in [6.45, 7) is 0.719. The van der Waals surface area contributed by atoms with Gasteiger partial charge in [0.05, 0.1) is 5.75 Å². The van der Waals surface area contributed by atoms with Crippen molar-refractivity contribution < 1.29 is 9.53 Å². The molecule has 0 saturated carbocycles. The normalized spacial score (nSPS) is 10.2. The molecule has 6 nitrogen and oxygen atoms in total. The van der Waals surface area contributed by atoms with Gasteiger partial charge in [0.2, 0.25) is 5.91 Å². The van der Waals surface area contributed by atoms with Crippen molar-refractivity contribution in [2.45, 2.75) is 6.42 Å². The van der Waals surface area contributed by atoms with Gasteiger partial charge in [-0.05, 0) is 12.2 Å². The summed E-state index contributed by atoms with van der Waals surface area (Å²) in [5.74, 6) is 1.97. The van der Waals surface area contributed by atoms with Gasteiger partial charge >= 0.3 is 0 Å². The summed E-state index contributed by atoms with van der Waals surface area (Å²) in [6.07, 6.45) is 2.26. The van der Waals surface area contributed by atoms with Crippen molar-refractivity contribution >= 4 is 29.3 Å². The molecule has 0 radical (unpaired) electrons. The zero-order valence-corrected chi connectivity index (χ0v) is 10.5. The number of carbonyl (C=O) groups excluding carboxylic acids is 1. The monoisotopic (exact) mass is 256 g/mol. The summed E-state index contributed by atoms with van der Waals surface area (Å²) in [5.41, 5.74) is 5.47. The van der Waals surface area contributed by atoms with Gasteiger partial charge in [-0.1, -0.05) is 0 Å². The van der Waals surface area contributed by atoms with Crippen LogP contribution >= 0.6 is 11.8 Å². The zero-order valence-electron chi connectivity index (χ0n) is 9.68. The van der Waals surface area contributed by atoms with Crippen LogP contribution in [-0.4, -0.2) is 41.1 Å². The largest absolute Gasteiger partial charge is 0.385 e. The average Bonchev–Trinajstić information content (AvgIpc) is 2.29. The van der Waals surface area contributed by atoms with E-state index in [1.54, 1.807) is 18.9 Å². The third-order valence-electron chi connectivity index (χ3n) is 1.83. The summed E-state index contributed by atoms with van der Waals surface area (Å²) >= 11 is 1.56. The second-order valence-electron chi connectivity index (χ2n) is 3.28. The van der Waals surface area contributed by atoms with Gasteiger partial charge in [-0.2, -0.15) is 11.8 Å². The Kier molecular flexibility index (Phi) is 6.34. The minimum Gasteiger partial charge on any atom is -0.385 e. The molecule has 17 heavy (non-hydrogen) atoms. The third kappa shape index (κ3) is 6.08. The molecule has 1 heterocycles. The van der Waals surface area contributed by atoms with Gasteiger partial charge in [0.25, 0.3) is 0 Å². The minimum absolute atomic E-state index is 0.0921. The van der Waals surface area contributed by atoms with Gasteiger partial charge in [-0.15, -0.1) is 0 Å². The van der Waals surface area contributed by atoms with Gasteiger partial charge in [-0.3, -0.25) is 4.79 Å². The summed E-state index contributed by atoms with van der Waals surface area (Å²) in [6, 6.07) is 1.52. The standard InChI is InChI=1S/C10H16N4O2S/c1-16-3-2-4-17-6-10(15)14-9-5-8(11)12-7-13-9/h5,7H,2-4,6H2,1H3,(H3,11,12,13,14,15). The Balaban J connectivity index is 2.21. The van der Waals surface area contributed by atoms with Crippen molar-refractivity contribution in [3.05, 3.63) is 12.4 Å². The van der Waals surface area contributed by atoms with Gasteiger partial charge in [0.1, 0.15) is 18.0 Å². The van der Waals surface area contributed by atoms with Crippen LogP contribution in [0.15, 0.2) is 12.4 Å². The molecular formula is C10H16N4O2S. The molecule has 0 aliphatic heterocycles. The third-order valence-corrected chi connectivity index (χ3v) is 2.87. The molecule has 1 aromatic heterocycles. The highest BCUT2D eigenvalue weighted by atomic mass is 32.2. The van der Waals surface area contributed by atoms with Crippen molar-refractivity contribution in [1.82, 2.24) is 9.97 Å². The van der Waals surface area contributed by atoms with Crippen LogP contribution in [-0.2, 0) is 9.53 Å². The lowest BCUT2D eigenvalue weighted by Crippen LogP contribution is -2.15. The predicted molar refractivity (Wildman–Crippen MR) is 68.9 cm³/mol. The lowest BCUT2D eigenvalue weighted by Gasteiger charge is -2.04.